The molecular weight excluding hydrogens is 208 g/mol. The molecular formula is C7H7ClN4O2. The van der Waals surface area contributed by atoms with Crippen LogP contribution in [0.4, 0.5) is 11.4 Å². The van der Waals surface area contributed by atoms with E-state index in [2.05, 4.69) is 4.99 Å². The van der Waals surface area contributed by atoms with E-state index in [-0.39, 0.29) is 22.4 Å². The molecule has 1 aromatic carbocycles. The van der Waals surface area contributed by atoms with E-state index in [0.717, 1.165) is 0 Å². The van der Waals surface area contributed by atoms with Crippen molar-refractivity contribution >= 4 is 28.9 Å². The van der Waals surface area contributed by atoms with Crippen LogP contribution >= 0.6 is 11.6 Å². The third kappa shape index (κ3) is 2.11. The highest BCUT2D eigenvalue weighted by atomic mass is 35.5. The summed E-state index contributed by atoms with van der Waals surface area (Å²) in [5, 5.41) is 10.7. The van der Waals surface area contributed by atoms with Crippen LogP contribution in [0.5, 0.6) is 0 Å². The summed E-state index contributed by atoms with van der Waals surface area (Å²) < 4.78 is 0. The van der Waals surface area contributed by atoms with Gasteiger partial charge in [-0.25, -0.2) is 4.99 Å². The second-order valence-electron chi connectivity index (χ2n) is 2.40. The van der Waals surface area contributed by atoms with Gasteiger partial charge in [0.25, 0.3) is 5.69 Å². The minimum Gasteiger partial charge on any atom is -0.370 e. The van der Waals surface area contributed by atoms with Crippen molar-refractivity contribution in [1.29, 1.82) is 0 Å². The lowest BCUT2D eigenvalue weighted by molar-refractivity contribution is -0.384. The van der Waals surface area contributed by atoms with Crippen LogP contribution in [-0.2, 0) is 0 Å². The molecule has 0 spiro atoms. The Labute approximate surface area is 84.3 Å². The first-order chi connectivity index (χ1) is 6.52. The molecule has 0 aliphatic carbocycles. The molecule has 0 fully saturated rings. The van der Waals surface area contributed by atoms with Crippen LogP contribution < -0.4 is 11.5 Å². The lowest BCUT2D eigenvalue weighted by atomic mass is 10.3. The van der Waals surface area contributed by atoms with Crippen molar-refractivity contribution in [3.63, 3.8) is 0 Å². The second kappa shape index (κ2) is 3.93. The number of para-hydroxylation sites is 1. The largest absolute Gasteiger partial charge is 0.370 e. The number of benzene rings is 1. The fourth-order valence-electron chi connectivity index (χ4n) is 0.891. The van der Waals surface area contributed by atoms with Gasteiger partial charge in [0.1, 0.15) is 0 Å². The van der Waals surface area contributed by atoms with Crippen LogP contribution in [0.2, 0.25) is 5.02 Å². The van der Waals surface area contributed by atoms with Crippen LogP contribution in [0.1, 0.15) is 0 Å². The summed E-state index contributed by atoms with van der Waals surface area (Å²) >= 11 is 5.69. The summed E-state index contributed by atoms with van der Waals surface area (Å²) in [4.78, 5) is 13.5. The van der Waals surface area contributed by atoms with Gasteiger partial charge < -0.3 is 11.5 Å². The Bertz CT molecular complexity index is 401. The van der Waals surface area contributed by atoms with Gasteiger partial charge in [-0.05, 0) is 6.07 Å². The van der Waals surface area contributed by atoms with Gasteiger partial charge in [-0.2, -0.15) is 0 Å². The van der Waals surface area contributed by atoms with E-state index in [0.29, 0.717) is 0 Å². The van der Waals surface area contributed by atoms with Crippen molar-refractivity contribution in [2.75, 3.05) is 0 Å². The molecule has 1 rings (SSSR count). The van der Waals surface area contributed by atoms with E-state index in [1.54, 1.807) is 0 Å². The Hall–Kier alpha value is -1.82. The van der Waals surface area contributed by atoms with Gasteiger partial charge in [-0.3, -0.25) is 10.1 Å². The summed E-state index contributed by atoms with van der Waals surface area (Å²) in [6.07, 6.45) is 0. The highest BCUT2D eigenvalue weighted by Crippen LogP contribution is 2.34. The van der Waals surface area contributed by atoms with E-state index in [4.69, 9.17) is 23.1 Å². The van der Waals surface area contributed by atoms with Crippen molar-refractivity contribution in [2.24, 2.45) is 16.5 Å². The molecule has 0 unspecified atom stereocenters. The molecule has 1 aromatic rings. The highest BCUT2D eigenvalue weighted by molar-refractivity contribution is 6.33. The minimum absolute atomic E-state index is 0.0285. The quantitative estimate of drug-likeness (QED) is 0.333. The number of hydrogen-bond donors (Lipinski definition) is 2. The maximum absolute atomic E-state index is 10.6. The highest BCUT2D eigenvalue weighted by Gasteiger charge is 2.15. The van der Waals surface area contributed by atoms with Crippen LogP contribution in [-0.4, -0.2) is 10.9 Å². The van der Waals surface area contributed by atoms with Gasteiger partial charge in [-0.15, -0.1) is 0 Å². The summed E-state index contributed by atoms with van der Waals surface area (Å²) in [5.41, 5.74) is 9.96. The number of nitro benzene ring substituents is 1. The number of aliphatic imine (C=N–C) groups is 1. The molecule has 0 saturated heterocycles. The van der Waals surface area contributed by atoms with Gasteiger partial charge in [0.15, 0.2) is 11.6 Å². The van der Waals surface area contributed by atoms with E-state index >= 15 is 0 Å². The zero-order valence-corrected chi connectivity index (χ0v) is 7.73. The molecule has 74 valence electrons. The summed E-state index contributed by atoms with van der Waals surface area (Å²) in [5.74, 6) is -0.277. The van der Waals surface area contributed by atoms with Crippen molar-refractivity contribution < 1.29 is 4.92 Å². The first-order valence-electron chi connectivity index (χ1n) is 3.55. The van der Waals surface area contributed by atoms with Crippen molar-refractivity contribution in [1.82, 2.24) is 0 Å². The Morgan fingerprint density at radius 2 is 2.14 bits per heavy atom. The SMILES string of the molecule is NC(N)=Nc1c(Cl)cccc1[N+](=O)[O-]. The van der Waals surface area contributed by atoms with E-state index in [1.807, 2.05) is 0 Å². The molecule has 0 bridgehead atoms. The van der Waals surface area contributed by atoms with Crippen LogP contribution in [0.15, 0.2) is 23.2 Å². The molecule has 0 saturated carbocycles. The molecule has 6 nitrogen and oxygen atoms in total. The van der Waals surface area contributed by atoms with Gasteiger partial charge in [0.2, 0.25) is 0 Å². The summed E-state index contributed by atoms with van der Waals surface area (Å²) in [7, 11) is 0. The first-order valence-corrected chi connectivity index (χ1v) is 3.92. The normalized spacial score (nSPS) is 9.50. The smallest absolute Gasteiger partial charge is 0.296 e. The Morgan fingerprint density at radius 3 is 2.64 bits per heavy atom. The summed E-state index contributed by atoms with van der Waals surface area (Å²) in [6, 6.07) is 4.19. The Morgan fingerprint density at radius 1 is 1.50 bits per heavy atom. The van der Waals surface area contributed by atoms with Gasteiger partial charge in [0.05, 0.1) is 9.95 Å². The molecule has 0 amide bonds. The second-order valence-corrected chi connectivity index (χ2v) is 2.81. The van der Waals surface area contributed by atoms with Crippen LogP contribution in [0.25, 0.3) is 0 Å². The molecule has 0 aliphatic rings. The molecule has 7 heteroatoms. The molecule has 4 N–H and O–H groups in total. The maximum Gasteiger partial charge on any atom is 0.296 e. The molecule has 0 atom stereocenters. The lowest BCUT2D eigenvalue weighted by Crippen LogP contribution is -2.22. The topological polar surface area (TPSA) is 108 Å². The number of hydrogen-bond acceptors (Lipinski definition) is 3. The third-order valence-corrected chi connectivity index (χ3v) is 1.71. The Kier molecular flexibility index (Phi) is 2.88. The maximum atomic E-state index is 10.6. The molecule has 0 aromatic heterocycles. The molecule has 14 heavy (non-hydrogen) atoms. The Balaban J connectivity index is 3.37. The average molecular weight is 215 g/mol. The third-order valence-electron chi connectivity index (χ3n) is 1.40. The minimum atomic E-state index is -0.604. The zero-order valence-electron chi connectivity index (χ0n) is 6.98. The summed E-state index contributed by atoms with van der Waals surface area (Å²) in [6.45, 7) is 0. The number of rotatable bonds is 2. The van der Waals surface area contributed by atoms with Gasteiger partial charge >= 0.3 is 0 Å². The van der Waals surface area contributed by atoms with Gasteiger partial charge in [0, 0.05) is 6.07 Å². The number of guanidine groups is 1. The average Bonchev–Trinajstić information content (AvgIpc) is 2.07. The number of nitrogens with two attached hydrogens (primary N) is 2. The van der Waals surface area contributed by atoms with E-state index < -0.39 is 4.92 Å². The molecule has 0 aliphatic heterocycles. The number of nitro groups is 1. The molecule has 0 heterocycles. The van der Waals surface area contributed by atoms with E-state index in [9.17, 15) is 10.1 Å². The predicted octanol–water partition coefficient (Wildman–Crippen LogP) is 1.15. The molecule has 0 radical (unpaired) electrons. The van der Waals surface area contributed by atoms with Crippen LogP contribution in [0.3, 0.4) is 0 Å². The lowest BCUT2D eigenvalue weighted by Gasteiger charge is -1.99. The fourth-order valence-corrected chi connectivity index (χ4v) is 1.10. The standard InChI is InChI=1S/C7H7ClN4O2/c8-4-2-1-3-5(12(13)14)6(4)11-7(9)10/h1-3H,(H4,9,10,11). The zero-order chi connectivity index (χ0) is 10.7. The van der Waals surface area contributed by atoms with Crippen molar-refractivity contribution in [2.45, 2.75) is 0 Å². The number of halogens is 1. The fraction of sp³-hybridized carbons (Fsp3) is 0. The first kappa shape index (κ1) is 10.3. The number of nitrogens with zero attached hydrogens (tertiary/aromatic N) is 2. The van der Waals surface area contributed by atoms with Crippen LogP contribution in [0, 0.1) is 10.1 Å². The van der Waals surface area contributed by atoms with E-state index in [1.165, 1.54) is 18.2 Å². The monoisotopic (exact) mass is 214 g/mol. The van der Waals surface area contributed by atoms with Crippen molar-refractivity contribution in [3.05, 3.63) is 33.3 Å². The predicted molar refractivity (Wildman–Crippen MR) is 53.6 cm³/mol. The van der Waals surface area contributed by atoms with Crippen molar-refractivity contribution in [3.8, 4) is 0 Å². The van der Waals surface area contributed by atoms with Gasteiger partial charge in [-0.1, -0.05) is 17.7 Å².